The van der Waals surface area contributed by atoms with E-state index in [4.69, 9.17) is 0 Å². The molecular formula is C21H28N2O2S2. The first kappa shape index (κ1) is 20.4. The van der Waals surface area contributed by atoms with Crippen LogP contribution < -0.4 is 0 Å². The van der Waals surface area contributed by atoms with Gasteiger partial charge in [0.1, 0.15) is 4.90 Å². The van der Waals surface area contributed by atoms with E-state index >= 15 is 0 Å². The molecule has 1 aliphatic carbocycles. The number of pyridine rings is 1. The second kappa shape index (κ2) is 9.71. The molecule has 1 aromatic carbocycles. The number of aryl methyl sites for hydroxylation is 1. The zero-order valence-corrected chi connectivity index (χ0v) is 17.5. The largest absolute Gasteiger partial charge is 0.249 e. The first-order valence-corrected chi connectivity index (χ1v) is 12.1. The van der Waals surface area contributed by atoms with Gasteiger partial charge in [0.25, 0.3) is 0 Å². The van der Waals surface area contributed by atoms with E-state index in [-0.39, 0.29) is 6.04 Å². The number of sulfonamides is 1. The fourth-order valence-corrected chi connectivity index (χ4v) is 5.66. The van der Waals surface area contributed by atoms with Crippen molar-refractivity contribution in [1.82, 2.24) is 9.29 Å². The van der Waals surface area contributed by atoms with Gasteiger partial charge in [-0.3, -0.25) is 0 Å². The third-order valence-corrected chi connectivity index (χ3v) is 8.10. The lowest BCUT2D eigenvalue weighted by molar-refractivity contribution is 0.285. The maximum atomic E-state index is 12.8. The summed E-state index contributed by atoms with van der Waals surface area (Å²) >= 11 is 1.68. The van der Waals surface area contributed by atoms with Gasteiger partial charge >= 0.3 is 0 Å². The van der Waals surface area contributed by atoms with Gasteiger partial charge in [-0.2, -0.15) is 4.31 Å². The monoisotopic (exact) mass is 404 g/mol. The summed E-state index contributed by atoms with van der Waals surface area (Å²) in [5.74, 6) is 0.968. The Morgan fingerprint density at radius 2 is 1.81 bits per heavy atom. The Morgan fingerprint density at radius 1 is 1.07 bits per heavy atom. The van der Waals surface area contributed by atoms with E-state index in [2.05, 4.69) is 29.2 Å². The average Bonchev–Trinajstić information content (AvgIpc) is 2.72. The second-order valence-corrected chi connectivity index (χ2v) is 10.2. The third-order valence-electron chi connectivity index (χ3n) is 5.18. The van der Waals surface area contributed by atoms with Crippen LogP contribution in [0.4, 0.5) is 0 Å². The predicted molar refractivity (Wildman–Crippen MR) is 112 cm³/mol. The number of benzene rings is 1. The van der Waals surface area contributed by atoms with Crippen molar-refractivity contribution in [2.75, 3.05) is 12.8 Å². The summed E-state index contributed by atoms with van der Waals surface area (Å²) in [5, 5.41) is 0.877. The molecule has 1 fully saturated rings. The number of hydrogen-bond donors (Lipinski definition) is 0. The molecule has 1 saturated carbocycles. The Hall–Kier alpha value is -1.37. The van der Waals surface area contributed by atoms with Crippen LogP contribution in [0.3, 0.4) is 0 Å². The molecule has 0 bridgehead atoms. The fourth-order valence-electron chi connectivity index (χ4n) is 3.51. The standard InChI is InChI=1S/C21H28N2O2S2/c1-23(19-12-6-3-7-13-19)27(24,25)20-14-15-21(22-17-20)26-16-8-11-18-9-4-2-5-10-18/h2,4-5,9-10,14-15,17,19H,3,6-8,11-13,16H2,1H3. The summed E-state index contributed by atoms with van der Waals surface area (Å²) in [6.45, 7) is 0. The van der Waals surface area contributed by atoms with Crippen LogP contribution in [0.5, 0.6) is 0 Å². The topological polar surface area (TPSA) is 50.3 Å². The number of thioether (sulfide) groups is 1. The third kappa shape index (κ3) is 5.56. The van der Waals surface area contributed by atoms with E-state index in [1.165, 1.54) is 18.2 Å². The summed E-state index contributed by atoms with van der Waals surface area (Å²) in [7, 11) is -1.75. The minimum absolute atomic E-state index is 0.121. The highest BCUT2D eigenvalue weighted by molar-refractivity contribution is 7.99. The molecule has 0 unspecified atom stereocenters. The molecule has 0 saturated heterocycles. The van der Waals surface area contributed by atoms with Gasteiger partial charge in [0.15, 0.2) is 0 Å². The maximum Gasteiger partial charge on any atom is 0.244 e. The van der Waals surface area contributed by atoms with Crippen LogP contribution in [0, 0.1) is 0 Å². The minimum Gasteiger partial charge on any atom is -0.249 e. The van der Waals surface area contributed by atoms with E-state index in [0.29, 0.717) is 4.90 Å². The SMILES string of the molecule is CN(C1CCCCC1)S(=O)(=O)c1ccc(SCCCc2ccccc2)nc1. The lowest BCUT2D eigenvalue weighted by atomic mass is 9.96. The Labute approximate surface area is 167 Å². The molecule has 0 atom stereocenters. The molecule has 0 aliphatic heterocycles. The first-order chi connectivity index (χ1) is 13.1. The Bertz CT molecular complexity index is 802. The lowest BCUT2D eigenvalue weighted by Crippen LogP contribution is -2.38. The summed E-state index contributed by atoms with van der Waals surface area (Å²) in [6, 6.07) is 14.1. The quantitative estimate of drug-likeness (QED) is 0.470. The second-order valence-electron chi connectivity index (χ2n) is 7.08. The van der Waals surface area contributed by atoms with Crippen LogP contribution in [0.1, 0.15) is 44.1 Å². The van der Waals surface area contributed by atoms with Gasteiger partial charge in [-0.15, -0.1) is 11.8 Å². The molecule has 0 spiro atoms. The van der Waals surface area contributed by atoms with Crippen LogP contribution in [0.15, 0.2) is 58.6 Å². The van der Waals surface area contributed by atoms with Crippen molar-refractivity contribution in [1.29, 1.82) is 0 Å². The highest BCUT2D eigenvalue weighted by Gasteiger charge is 2.29. The molecule has 2 aromatic rings. The molecule has 0 amide bonds. The summed E-state index contributed by atoms with van der Waals surface area (Å²) in [4.78, 5) is 4.67. The number of nitrogens with zero attached hydrogens (tertiary/aromatic N) is 2. The Balaban J connectivity index is 1.52. The molecule has 6 heteroatoms. The van der Waals surface area contributed by atoms with E-state index in [9.17, 15) is 8.42 Å². The Morgan fingerprint density at radius 3 is 2.48 bits per heavy atom. The molecular weight excluding hydrogens is 376 g/mol. The average molecular weight is 405 g/mol. The van der Waals surface area contributed by atoms with Gasteiger partial charge < -0.3 is 0 Å². The van der Waals surface area contributed by atoms with Crippen LogP contribution in [-0.4, -0.2) is 36.5 Å². The highest BCUT2D eigenvalue weighted by Crippen LogP contribution is 2.27. The zero-order valence-electron chi connectivity index (χ0n) is 15.9. The first-order valence-electron chi connectivity index (χ1n) is 9.68. The van der Waals surface area contributed by atoms with Crippen molar-refractivity contribution in [2.45, 2.75) is 60.9 Å². The molecule has 4 nitrogen and oxygen atoms in total. The summed E-state index contributed by atoms with van der Waals surface area (Å²) < 4.78 is 27.2. The maximum absolute atomic E-state index is 12.8. The normalized spacial score (nSPS) is 15.9. The number of aromatic nitrogens is 1. The van der Waals surface area contributed by atoms with E-state index in [1.54, 1.807) is 29.2 Å². The van der Waals surface area contributed by atoms with Crippen molar-refractivity contribution < 1.29 is 8.42 Å². The molecule has 146 valence electrons. The predicted octanol–water partition coefficient (Wildman–Crippen LogP) is 4.76. The molecule has 27 heavy (non-hydrogen) atoms. The van der Waals surface area contributed by atoms with Crippen molar-refractivity contribution in [3.8, 4) is 0 Å². The minimum atomic E-state index is -3.45. The van der Waals surface area contributed by atoms with Crippen LogP contribution in [-0.2, 0) is 16.4 Å². The van der Waals surface area contributed by atoms with Gasteiger partial charge in [-0.1, -0.05) is 49.6 Å². The van der Waals surface area contributed by atoms with Crippen LogP contribution >= 0.6 is 11.8 Å². The van der Waals surface area contributed by atoms with Gasteiger partial charge in [-0.05, 0) is 49.1 Å². The van der Waals surface area contributed by atoms with E-state index in [1.807, 2.05) is 12.1 Å². The molecule has 1 heterocycles. The molecule has 0 N–H and O–H groups in total. The smallest absolute Gasteiger partial charge is 0.244 e. The van der Waals surface area contributed by atoms with Gasteiger partial charge in [0.05, 0.1) is 5.03 Å². The van der Waals surface area contributed by atoms with Crippen LogP contribution in [0.2, 0.25) is 0 Å². The molecule has 0 radical (unpaired) electrons. The number of rotatable bonds is 8. The summed E-state index contributed by atoms with van der Waals surface area (Å²) in [6.07, 6.45) is 8.98. The zero-order chi connectivity index (χ0) is 19.1. The highest BCUT2D eigenvalue weighted by atomic mass is 32.2. The van der Waals surface area contributed by atoms with Gasteiger partial charge in [-0.25, -0.2) is 13.4 Å². The van der Waals surface area contributed by atoms with Crippen molar-refractivity contribution in [3.63, 3.8) is 0 Å². The van der Waals surface area contributed by atoms with Crippen molar-refractivity contribution in [3.05, 3.63) is 54.2 Å². The summed E-state index contributed by atoms with van der Waals surface area (Å²) in [5.41, 5.74) is 1.35. The van der Waals surface area contributed by atoms with E-state index in [0.717, 1.165) is 49.3 Å². The molecule has 3 rings (SSSR count). The lowest BCUT2D eigenvalue weighted by Gasteiger charge is -2.30. The fraction of sp³-hybridized carbons (Fsp3) is 0.476. The van der Waals surface area contributed by atoms with Crippen molar-refractivity contribution >= 4 is 21.8 Å². The van der Waals surface area contributed by atoms with Crippen molar-refractivity contribution in [2.24, 2.45) is 0 Å². The van der Waals surface area contributed by atoms with Crippen LogP contribution in [0.25, 0.3) is 0 Å². The molecule has 1 aromatic heterocycles. The Kier molecular flexibility index (Phi) is 7.33. The number of hydrogen-bond acceptors (Lipinski definition) is 4. The van der Waals surface area contributed by atoms with Gasteiger partial charge in [0, 0.05) is 19.3 Å². The molecule has 1 aliphatic rings. The van der Waals surface area contributed by atoms with E-state index < -0.39 is 10.0 Å². The van der Waals surface area contributed by atoms with Gasteiger partial charge in [0.2, 0.25) is 10.0 Å².